The van der Waals surface area contributed by atoms with E-state index in [4.69, 9.17) is 23.5 Å². The lowest BCUT2D eigenvalue weighted by Crippen LogP contribution is -2.13. The molecule has 34 heavy (non-hydrogen) atoms. The Bertz CT molecular complexity index is 1210. The van der Waals surface area contributed by atoms with Crippen molar-refractivity contribution in [2.24, 2.45) is 0 Å². The summed E-state index contributed by atoms with van der Waals surface area (Å²) in [5.41, 5.74) is 0.449. The van der Waals surface area contributed by atoms with Crippen molar-refractivity contribution in [1.29, 1.82) is 5.26 Å². The molecule has 0 unspecified atom stereocenters. The molecule has 0 bridgehead atoms. The number of aromatic nitrogens is 1. The lowest BCUT2D eigenvalue weighted by molar-refractivity contribution is -0.112. The van der Waals surface area contributed by atoms with Crippen molar-refractivity contribution in [2.75, 3.05) is 32.8 Å². The molecule has 9 nitrogen and oxygen atoms in total. The van der Waals surface area contributed by atoms with Crippen LogP contribution in [-0.2, 0) is 4.79 Å². The molecule has 3 aromatic rings. The van der Waals surface area contributed by atoms with Gasteiger partial charge >= 0.3 is 0 Å². The Morgan fingerprint density at radius 1 is 1.12 bits per heavy atom. The van der Waals surface area contributed by atoms with E-state index in [2.05, 4.69) is 26.4 Å². The van der Waals surface area contributed by atoms with E-state index >= 15 is 0 Å². The van der Waals surface area contributed by atoms with Gasteiger partial charge in [-0.25, -0.2) is 0 Å². The average molecular weight is 528 g/mol. The summed E-state index contributed by atoms with van der Waals surface area (Å²) in [4.78, 5) is 12.4. The van der Waals surface area contributed by atoms with Crippen LogP contribution in [0.1, 0.15) is 11.3 Å². The van der Waals surface area contributed by atoms with Gasteiger partial charge in [0.25, 0.3) is 5.91 Å². The highest BCUT2D eigenvalue weighted by Crippen LogP contribution is 2.37. The number of nitriles is 1. The van der Waals surface area contributed by atoms with Crippen molar-refractivity contribution >= 4 is 33.7 Å². The third-order valence-electron chi connectivity index (χ3n) is 4.46. The van der Waals surface area contributed by atoms with Gasteiger partial charge in [-0.2, -0.15) is 5.26 Å². The van der Waals surface area contributed by atoms with Gasteiger partial charge in [0.2, 0.25) is 0 Å². The minimum absolute atomic E-state index is 0.115. The van der Waals surface area contributed by atoms with Crippen molar-refractivity contribution in [2.45, 2.75) is 6.92 Å². The van der Waals surface area contributed by atoms with E-state index in [9.17, 15) is 10.1 Å². The SMILES string of the molecule is COc1ccc(OCCOc2c(Br)cc(C=C(C#N)C(=O)Nc3cc(C)on3)cc2OC)cc1. The van der Waals surface area contributed by atoms with Crippen LogP contribution in [0.25, 0.3) is 6.08 Å². The van der Waals surface area contributed by atoms with Crippen LogP contribution in [-0.4, -0.2) is 38.5 Å². The van der Waals surface area contributed by atoms with Gasteiger partial charge in [-0.05, 0) is 70.9 Å². The van der Waals surface area contributed by atoms with Gasteiger partial charge in [0.05, 0.1) is 18.7 Å². The summed E-state index contributed by atoms with van der Waals surface area (Å²) in [6.45, 7) is 2.27. The predicted molar refractivity (Wildman–Crippen MR) is 128 cm³/mol. The first kappa shape index (κ1) is 24.7. The number of rotatable bonds is 10. The van der Waals surface area contributed by atoms with Gasteiger partial charge in [-0.1, -0.05) is 5.16 Å². The number of halogens is 1. The zero-order valence-electron chi connectivity index (χ0n) is 18.8. The second-order valence-corrected chi connectivity index (χ2v) is 7.71. The molecule has 0 saturated heterocycles. The smallest absolute Gasteiger partial charge is 0.267 e. The number of nitrogens with one attached hydrogen (secondary N) is 1. The molecule has 0 aliphatic heterocycles. The molecule has 0 aliphatic rings. The standard InChI is InChI=1S/C24H22BrN3O6/c1-15-10-22(28-34-15)27-24(29)17(14-26)11-16-12-20(25)23(21(13-16)31-3)33-9-8-32-19-6-4-18(30-2)5-7-19/h4-7,10-13H,8-9H2,1-3H3,(H,27,28,29). The molecule has 0 atom stereocenters. The molecule has 1 N–H and O–H groups in total. The van der Waals surface area contributed by atoms with Crippen molar-refractivity contribution in [3.05, 3.63) is 63.8 Å². The maximum atomic E-state index is 12.4. The van der Waals surface area contributed by atoms with Crippen LogP contribution in [0.5, 0.6) is 23.0 Å². The van der Waals surface area contributed by atoms with Crippen LogP contribution in [0.3, 0.4) is 0 Å². The maximum absolute atomic E-state index is 12.4. The van der Waals surface area contributed by atoms with E-state index in [1.807, 2.05) is 30.3 Å². The normalized spacial score (nSPS) is 10.9. The van der Waals surface area contributed by atoms with Gasteiger partial charge in [0.15, 0.2) is 17.3 Å². The molecular formula is C24H22BrN3O6. The number of hydrogen-bond acceptors (Lipinski definition) is 8. The molecule has 0 spiro atoms. The van der Waals surface area contributed by atoms with Crippen molar-refractivity contribution in [3.63, 3.8) is 0 Å². The van der Waals surface area contributed by atoms with Gasteiger partial charge < -0.3 is 28.8 Å². The molecule has 0 saturated carbocycles. The Morgan fingerprint density at radius 3 is 2.44 bits per heavy atom. The van der Waals surface area contributed by atoms with Crippen LogP contribution < -0.4 is 24.3 Å². The lowest BCUT2D eigenvalue weighted by Gasteiger charge is -2.14. The number of aryl methyl sites for hydroxylation is 1. The Labute approximate surface area is 205 Å². The van der Waals surface area contributed by atoms with Gasteiger partial charge in [-0.15, -0.1) is 0 Å². The number of amides is 1. The predicted octanol–water partition coefficient (Wildman–Crippen LogP) is 4.77. The quantitative estimate of drug-likeness (QED) is 0.227. The van der Waals surface area contributed by atoms with Gasteiger partial charge in [0.1, 0.15) is 42.1 Å². The van der Waals surface area contributed by atoms with Crippen LogP contribution in [0.4, 0.5) is 5.82 Å². The second kappa shape index (κ2) is 11.8. The first-order valence-corrected chi connectivity index (χ1v) is 10.9. The first-order valence-electron chi connectivity index (χ1n) is 10.1. The van der Waals surface area contributed by atoms with E-state index in [0.29, 0.717) is 39.7 Å². The number of ether oxygens (including phenoxy) is 4. The highest BCUT2D eigenvalue weighted by atomic mass is 79.9. The Kier molecular flexibility index (Phi) is 8.54. The minimum Gasteiger partial charge on any atom is -0.497 e. The Hall–Kier alpha value is -3.97. The summed E-state index contributed by atoms with van der Waals surface area (Å²) in [6.07, 6.45) is 1.44. The molecule has 10 heteroatoms. The zero-order valence-corrected chi connectivity index (χ0v) is 20.3. The highest BCUT2D eigenvalue weighted by Gasteiger charge is 2.15. The van der Waals surface area contributed by atoms with Crippen molar-refractivity contribution in [1.82, 2.24) is 5.16 Å². The maximum Gasteiger partial charge on any atom is 0.267 e. The van der Waals surface area contributed by atoms with Crippen molar-refractivity contribution in [3.8, 4) is 29.1 Å². The number of carbonyl (C=O) groups excluding carboxylic acids is 1. The Morgan fingerprint density at radius 2 is 1.82 bits per heavy atom. The van der Waals surface area contributed by atoms with E-state index in [-0.39, 0.29) is 18.0 Å². The largest absolute Gasteiger partial charge is 0.497 e. The summed E-state index contributed by atoms with van der Waals surface area (Å²) >= 11 is 3.46. The monoisotopic (exact) mass is 527 g/mol. The molecule has 0 aliphatic carbocycles. The zero-order chi connectivity index (χ0) is 24.5. The summed E-state index contributed by atoms with van der Waals surface area (Å²) in [5, 5.41) is 15.7. The molecule has 1 amide bonds. The number of nitrogens with zero attached hydrogens (tertiary/aromatic N) is 2. The van der Waals surface area contributed by atoms with Gasteiger partial charge in [-0.3, -0.25) is 4.79 Å². The molecular weight excluding hydrogens is 506 g/mol. The van der Waals surface area contributed by atoms with Crippen LogP contribution in [0, 0.1) is 18.3 Å². The van der Waals surface area contributed by atoms with Crippen LogP contribution in [0.2, 0.25) is 0 Å². The number of anilines is 1. The number of carbonyl (C=O) groups is 1. The van der Waals surface area contributed by atoms with E-state index < -0.39 is 5.91 Å². The average Bonchev–Trinajstić information content (AvgIpc) is 3.25. The van der Waals surface area contributed by atoms with E-state index in [0.717, 1.165) is 5.75 Å². The molecule has 1 aromatic heterocycles. The summed E-state index contributed by atoms with van der Waals surface area (Å²) in [7, 11) is 3.10. The molecule has 2 aromatic carbocycles. The number of hydrogen-bond donors (Lipinski definition) is 1. The fourth-order valence-corrected chi connectivity index (χ4v) is 3.44. The van der Waals surface area contributed by atoms with E-state index in [1.54, 1.807) is 32.2 Å². The fraction of sp³-hybridized carbons (Fsp3) is 0.208. The van der Waals surface area contributed by atoms with E-state index in [1.165, 1.54) is 13.2 Å². The number of methoxy groups -OCH3 is 2. The fourth-order valence-electron chi connectivity index (χ4n) is 2.86. The highest BCUT2D eigenvalue weighted by molar-refractivity contribution is 9.10. The summed E-state index contributed by atoms with van der Waals surface area (Å²) < 4.78 is 27.6. The molecule has 0 radical (unpaired) electrons. The third-order valence-corrected chi connectivity index (χ3v) is 5.04. The third kappa shape index (κ3) is 6.52. The second-order valence-electron chi connectivity index (χ2n) is 6.85. The lowest BCUT2D eigenvalue weighted by atomic mass is 10.1. The molecule has 0 fully saturated rings. The van der Waals surface area contributed by atoms with Crippen LogP contribution in [0.15, 0.2) is 57.0 Å². The summed E-state index contributed by atoms with van der Waals surface area (Å²) in [6, 6.07) is 14.1. The Balaban J connectivity index is 1.66. The first-order chi connectivity index (χ1) is 16.4. The topological polar surface area (TPSA) is 116 Å². The molecule has 1 heterocycles. The number of benzene rings is 2. The van der Waals surface area contributed by atoms with Gasteiger partial charge in [0, 0.05) is 6.07 Å². The van der Waals surface area contributed by atoms with Crippen molar-refractivity contribution < 1.29 is 28.3 Å². The van der Waals surface area contributed by atoms with Crippen LogP contribution >= 0.6 is 15.9 Å². The molecule has 3 rings (SSSR count). The summed E-state index contributed by atoms with van der Waals surface area (Å²) in [5.74, 6) is 2.49. The molecule has 176 valence electrons. The minimum atomic E-state index is -0.609.